The topological polar surface area (TPSA) is 94.6 Å². The van der Waals surface area contributed by atoms with Gasteiger partial charge >= 0.3 is 0 Å². The molecule has 1 aromatic heterocycles. The SMILES string of the molecule is Cc1ccc(-c2nc3n(c2/C=N/N=C(N)N)CCS3)cc1. The fraction of sp³-hybridized carbons (Fsp3) is 0.214. The third-order valence-electron chi connectivity index (χ3n) is 3.20. The Morgan fingerprint density at radius 3 is 2.81 bits per heavy atom. The van der Waals surface area contributed by atoms with Gasteiger partial charge in [-0.15, -0.1) is 5.10 Å². The summed E-state index contributed by atoms with van der Waals surface area (Å²) in [5, 5.41) is 8.62. The molecule has 2 aromatic rings. The monoisotopic (exact) mass is 300 g/mol. The number of rotatable bonds is 3. The lowest BCUT2D eigenvalue weighted by Crippen LogP contribution is -2.21. The van der Waals surface area contributed by atoms with E-state index in [1.807, 2.05) is 0 Å². The zero-order valence-electron chi connectivity index (χ0n) is 11.7. The third-order valence-corrected chi connectivity index (χ3v) is 4.15. The number of benzene rings is 1. The van der Waals surface area contributed by atoms with Crippen molar-refractivity contribution >= 4 is 23.9 Å². The first kappa shape index (κ1) is 13.7. The molecular weight excluding hydrogens is 284 g/mol. The largest absolute Gasteiger partial charge is 0.369 e. The van der Waals surface area contributed by atoms with E-state index >= 15 is 0 Å². The van der Waals surface area contributed by atoms with Gasteiger partial charge in [0.25, 0.3) is 0 Å². The van der Waals surface area contributed by atoms with Crippen LogP contribution in [-0.2, 0) is 6.54 Å². The first-order chi connectivity index (χ1) is 10.1. The number of fused-ring (bicyclic) bond motifs is 1. The van der Waals surface area contributed by atoms with Crippen LogP contribution in [0.2, 0.25) is 0 Å². The summed E-state index contributed by atoms with van der Waals surface area (Å²) in [6.45, 7) is 2.98. The smallest absolute Gasteiger partial charge is 0.211 e. The molecule has 0 atom stereocenters. The van der Waals surface area contributed by atoms with Gasteiger partial charge in [0.15, 0.2) is 5.16 Å². The second kappa shape index (κ2) is 5.61. The number of thioether (sulfide) groups is 1. The molecule has 0 bridgehead atoms. The maximum absolute atomic E-state index is 5.30. The van der Waals surface area contributed by atoms with Crippen molar-refractivity contribution in [3.8, 4) is 11.3 Å². The highest BCUT2D eigenvalue weighted by atomic mass is 32.2. The van der Waals surface area contributed by atoms with Crippen LogP contribution in [0.5, 0.6) is 0 Å². The Hall–Kier alpha value is -2.28. The average Bonchev–Trinajstić information content (AvgIpc) is 3.01. The van der Waals surface area contributed by atoms with E-state index in [0.29, 0.717) is 0 Å². The lowest BCUT2D eigenvalue weighted by molar-refractivity contribution is 0.715. The third kappa shape index (κ3) is 2.78. The normalized spacial score (nSPS) is 13.6. The first-order valence-corrected chi connectivity index (χ1v) is 7.56. The number of hydrogen-bond donors (Lipinski definition) is 2. The second-order valence-electron chi connectivity index (χ2n) is 4.76. The molecule has 4 N–H and O–H groups in total. The minimum atomic E-state index is -0.0568. The highest BCUT2D eigenvalue weighted by Gasteiger charge is 2.21. The summed E-state index contributed by atoms with van der Waals surface area (Å²) in [5.41, 5.74) is 14.7. The molecule has 1 aromatic carbocycles. The van der Waals surface area contributed by atoms with Gasteiger partial charge < -0.3 is 16.0 Å². The molecule has 0 saturated carbocycles. The Balaban J connectivity index is 2.06. The molecule has 0 saturated heterocycles. The molecule has 7 heteroatoms. The molecule has 0 aliphatic carbocycles. The van der Waals surface area contributed by atoms with Gasteiger partial charge in [0, 0.05) is 17.9 Å². The summed E-state index contributed by atoms with van der Waals surface area (Å²) in [4.78, 5) is 4.71. The Morgan fingerprint density at radius 1 is 1.33 bits per heavy atom. The molecule has 1 aliphatic rings. The van der Waals surface area contributed by atoms with Crippen molar-refractivity contribution in [1.29, 1.82) is 0 Å². The van der Waals surface area contributed by atoms with E-state index < -0.39 is 0 Å². The molecular formula is C14H16N6S. The molecule has 0 fully saturated rings. The summed E-state index contributed by atoms with van der Waals surface area (Å²) in [6, 6.07) is 8.28. The van der Waals surface area contributed by atoms with Crippen LogP contribution in [0.3, 0.4) is 0 Å². The quantitative estimate of drug-likeness (QED) is 0.511. The van der Waals surface area contributed by atoms with Gasteiger partial charge in [-0.2, -0.15) is 5.10 Å². The average molecular weight is 300 g/mol. The zero-order chi connectivity index (χ0) is 14.8. The van der Waals surface area contributed by atoms with Crippen LogP contribution in [0.25, 0.3) is 11.3 Å². The van der Waals surface area contributed by atoms with Gasteiger partial charge in [-0.25, -0.2) is 4.98 Å². The van der Waals surface area contributed by atoms with Crippen molar-refractivity contribution in [3.63, 3.8) is 0 Å². The number of nitrogens with two attached hydrogens (primary N) is 2. The fourth-order valence-electron chi connectivity index (χ4n) is 2.20. The number of aromatic nitrogens is 2. The standard InChI is InChI=1S/C14H16N6S/c1-9-2-4-10(5-3-9)12-11(8-17-19-13(15)16)20-6-7-21-14(20)18-12/h2-5,8H,6-7H2,1H3,(H4,15,16,19)/b17-8+. The molecule has 2 heterocycles. The van der Waals surface area contributed by atoms with Crippen molar-refractivity contribution in [2.24, 2.45) is 21.7 Å². The van der Waals surface area contributed by atoms with Crippen LogP contribution >= 0.6 is 11.8 Å². The molecule has 3 rings (SSSR count). The van der Waals surface area contributed by atoms with Crippen molar-refractivity contribution in [2.75, 3.05) is 5.75 Å². The number of imidazole rings is 1. The first-order valence-electron chi connectivity index (χ1n) is 6.57. The van der Waals surface area contributed by atoms with Crippen molar-refractivity contribution in [1.82, 2.24) is 9.55 Å². The van der Waals surface area contributed by atoms with Crippen LogP contribution in [0, 0.1) is 6.92 Å². The van der Waals surface area contributed by atoms with E-state index in [4.69, 9.17) is 16.5 Å². The predicted octanol–water partition coefficient (Wildman–Crippen LogP) is 1.57. The summed E-state index contributed by atoms with van der Waals surface area (Å²) in [6.07, 6.45) is 1.66. The molecule has 108 valence electrons. The van der Waals surface area contributed by atoms with Crippen LogP contribution in [0.15, 0.2) is 39.6 Å². The van der Waals surface area contributed by atoms with Gasteiger partial charge in [0.1, 0.15) is 0 Å². The number of nitrogens with zero attached hydrogens (tertiary/aromatic N) is 4. The molecule has 0 unspecified atom stereocenters. The van der Waals surface area contributed by atoms with Crippen molar-refractivity contribution in [3.05, 3.63) is 35.5 Å². The van der Waals surface area contributed by atoms with Crippen molar-refractivity contribution < 1.29 is 0 Å². The molecule has 0 radical (unpaired) electrons. The summed E-state index contributed by atoms with van der Waals surface area (Å²) in [5.74, 6) is 0.971. The van der Waals surface area contributed by atoms with Crippen LogP contribution in [0.4, 0.5) is 0 Å². The summed E-state index contributed by atoms with van der Waals surface area (Å²) >= 11 is 1.75. The van der Waals surface area contributed by atoms with E-state index in [1.54, 1.807) is 18.0 Å². The molecule has 6 nitrogen and oxygen atoms in total. The Bertz CT molecular complexity index is 710. The van der Waals surface area contributed by atoms with Gasteiger partial charge in [-0.3, -0.25) is 0 Å². The summed E-state index contributed by atoms with van der Waals surface area (Å²) < 4.78 is 2.14. The lowest BCUT2D eigenvalue weighted by atomic mass is 10.1. The van der Waals surface area contributed by atoms with E-state index in [2.05, 4.69) is 46.0 Å². The number of guanidine groups is 1. The minimum absolute atomic E-state index is 0.0568. The zero-order valence-corrected chi connectivity index (χ0v) is 12.5. The molecule has 1 aliphatic heterocycles. The Labute approximate surface area is 127 Å². The van der Waals surface area contributed by atoms with Crippen LogP contribution in [-0.4, -0.2) is 27.5 Å². The molecule has 0 spiro atoms. The fourth-order valence-corrected chi connectivity index (χ4v) is 3.16. The summed E-state index contributed by atoms with van der Waals surface area (Å²) in [7, 11) is 0. The predicted molar refractivity (Wildman–Crippen MR) is 86.5 cm³/mol. The molecule has 21 heavy (non-hydrogen) atoms. The maximum atomic E-state index is 5.30. The Kier molecular flexibility index (Phi) is 3.66. The van der Waals surface area contributed by atoms with Crippen LogP contribution < -0.4 is 11.5 Å². The van der Waals surface area contributed by atoms with Gasteiger partial charge in [0.05, 0.1) is 17.6 Å². The number of hydrogen-bond acceptors (Lipinski definition) is 4. The maximum Gasteiger partial charge on any atom is 0.211 e. The number of aryl methyl sites for hydroxylation is 1. The lowest BCUT2D eigenvalue weighted by Gasteiger charge is -2.03. The second-order valence-corrected chi connectivity index (χ2v) is 5.83. The Morgan fingerprint density at radius 2 is 2.10 bits per heavy atom. The highest BCUT2D eigenvalue weighted by Crippen LogP contribution is 2.32. The van der Waals surface area contributed by atoms with E-state index in [-0.39, 0.29) is 5.96 Å². The van der Waals surface area contributed by atoms with Crippen LogP contribution in [0.1, 0.15) is 11.3 Å². The van der Waals surface area contributed by atoms with E-state index in [0.717, 1.165) is 34.4 Å². The van der Waals surface area contributed by atoms with E-state index in [9.17, 15) is 0 Å². The van der Waals surface area contributed by atoms with Gasteiger partial charge in [-0.1, -0.05) is 41.6 Å². The van der Waals surface area contributed by atoms with Crippen molar-refractivity contribution in [2.45, 2.75) is 18.6 Å². The minimum Gasteiger partial charge on any atom is -0.369 e. The molecule has 0 amide bonds. The van der Waals surface area contributed by atoms with Gasteiger partial charge in [-0.05, 0) is 6.92 Å². The van der Waals surface area contributed by atoms with Gasteiger partial charge in [0.2, 0.25) is 5.96 Å². The highest BCUT2D eigenvalue weighted by molar-refractivity contribution is 7.99. The van der Waals surface area contributed by atoms with E-state index in [1.165, 1.54) is 5.56 Å².